The highest BCUT2D eigenvalue weighted by atomic mass is 16.7. The van der Waals surface area contributed by atoms with Crippen molar-refractivity contribution >= 4 is 6.08 Å². The summed E-state index contributed by atoms with van der Waals surface area (Å²) in [6.45, 7) is -1.45. The molecule has 3 aliphatic heterocycles. The Kier molecular flexibility index (Phi) is 8.87. The molecule has 0 aliphatic carbocycles. The Morgan fingerprint density at radius 1 is 0.651 bits per heavy atom. The maximum absolute atomic E-state index is 10.6. The van der Waals surface area contributed by atoms with Gasteiger partial charge < -0.3 is 79.9 Å². The molecule has 2 fully saturated rings. The summed E-state index contributed by atoms with van der Waals surface area (Å²) in [5.41, 5.74) is 0.269. The Labute approximate surface area is 243 Å². The van der Waals surface area contributed by atoms with Crippen molar-refractivity contribution in [3.63, 3.8) is 0 Å². The maximum atomic E-state index is 10.6. The molecule has 5 rings (SSSR count). The second-order valence-electron chi connectivity index (χ2n) is 10.3. The van der Waals surface area contributed by atoms with Crippen LogP contribution in [0.3, 0.4) is 0 Å². The molecular formula is C27H32O16. The predicted molar refractivity (Wildman–Crippen MR) is 138 cm³/mol. The van der Waals surface area contributed by atoms with Crippen molar-refractivity contribution in [2.75, 3.05) is 13.2 Å². The molecule has 3 heterocycles. The molecule has 0 spiro atoms. The minimum absolute atomic E-state index is 0.0293. The van der Waals surface area contributed by atoms with Gasteiger partial charge in [-0.2, -0.15) is 0 Å². The first kappa shape index (κ1) is 31.0. The second kappa shape index (κ2) is 12.3. The minimum Gasteiger partial charge on any atom is -0.508 e. The number of aliphatic hydroxyl groups excluding tert-OH is 8. The van der Waals surface area contributed by atoms with Gasteiger partial charge in [0.2, 0.25) is 12.6 Å². The van der Waals surface area contributed by atoms with Gasteiger partial charge in [0.1, 0.15) is 71.8 Å². The zero-order valence-corrected chi connectivity index (χ0v) is 22.2. The first-order chi connectivity index (χ1) is 20.4. The first-order valence-electron chi connectivity index (χ1n) is 13.1. The summed E-state index contributed by atoms with van der Waals surface area (Å²) < 4.78 is 28.6. The number of hydrogen-bond acceptors (Lipinski definition) is 16. The third-order valence-electron chi connectivity index (χ3n) is 7.37. The van der Waals surface area contributed by atoms with Crippen LogP contribution in [0.15, 0.2) is 36.1 Å². The van der Waals surface area contributed by atoms with Gasteiger partial charge in [-0.05, 0) is 18.2 Å². The Hall–Kier alpha value is -3.42. The molecule has 11 atom stereocenters. The van der Waals surface area contributed by atoms with Gasteiger partial charge in [-0.1, -0.05) is 6.07 Å². The lowest BCUT2D eigenvalue weighted by atomic mass is 9.98. The fraction of sp³-hybridized carbons (Fsp3) is 0.481. The summed E-state index contributed by atoms with van der Waals surface area (Å²) in [5.74, 6) is -1.70. The van der Waals surface area contributed by atoms with Gasteiger partial charge in [-0.25, -0.2) is 0 Å². The van der Waals surface area contributed by atoms with E-state index in [2.05, 4.69) is 0 Å². The number of aromatic hydroxyl groups is 3. The maximum Gasteiger partial charge on any atom is 0.229 e. The fourth-order valence-corrected chi connectivity index (χ4v) is 4.95. The monoisotopic (exact) mass is 612 g/mol. The highest BCUT2D eigenvalue weighted by Gasteiger charge is 2.47. The molecule has 0 saturated carbocycles. The van der Waals surface area contributed by atoms with Gasteiger partial charge >= 0.3 is 0 Å². The summed E-state index contributed by atoms with van der Waals surface area (Å²) in [6.07, 6.45) is -16.3. The van der Waals surface area contributed by atoms with Crippen LogP contribution in [-0.2, 0) is 14.2 Å². The van der Waals surface area contributed by atoms with Crippen LogP contribution in [-0.4, -0.2) is 131 Å². The van der Waals surface area contributed by atoms with E-state index in [1.807, 2.05) is 0 Å². The summed E-state index contributed by atoms with van der Waals surface area (Å²) in [6, 6.07) is 6.01. The number of phenols is 3. The van der Waals surface area contributed by atoms with E-state index >= 15 is 0 Å². The summed E-state index contributed by atoms with van der Waals surface area (Å²) in [5, 5.41) is 111. The third-order valence-corrected chi connectivity index (χ3v) is 7.37. The van der Waals surface area contributed by atoms with E-state index in [1.165, 1.54) is 24.3 Å². The molecule has 16 nitrogen and oxygen atoms in total. The van der Waals surface area contributed by atoms with Crippen LogP contribution in [0, 0.1) is 0 Å². The van der Waals surface area contributed by atoms with Gasteiger partial charge in [0.05, 0.1) is 18.8 Å². The summed E-state index contributed by atoms with van der Waals surface area (Å²) in [7, 11) is 0. The smallest absolute Gasteiger partial charge is 0.229 e. The van der Waals surface area contributed by atoms with Gasteiger partial charge in [-0.3, -0.25) is 0 Å². The average Bonchev–Trinajstić information content (AvgIpc) is 2.98. The molecule has 3 aliphatic rings. The zero-order chi connectivity index (χ0) is 31.2. The van der Waals surface area contributed by atoms with Crippen LogP contribution in [0.4, 0.5) is 0 Å². The van der Waals surface area contributed by atoms with Crippen molar-refractivity contribution in [3.05, 3.63) is 47.2 Å². The number of aliphatic hydroxyl groups is 8. The third kappa shape index (κ3) is 5.89. The quantitative estimate of drug-likeness (QED) is 0.142. The van der Waals surface area contributed by atoms with Crippen LogP contribution in [0.25, 0.3) is 6.08 Å². The Bertz CT molecular complexity index is 1330. The molecule has 16 heteroatoms. The topological polar surface area (TPSA) is 269 Å². The molecule has 2 saturated heterocycles. The highest BCUT2D eigenvalue weighted by molar-refractivity contribution is 5.70. The lowest BCUT2D eigenvalue weighted by Crippen LogP contribution is -2.60. The molecule has 0 amide bonds. The fourth-order valence-electron chi connectivity index (χ4n) is 4.95. The van der Waals surface area contributed by atoms with E-state index in [9.17, 15) is 56.2 Å². The van der Waals surface area contributed by atoms with Crippen molar-refractivity contribution < 1.29 is 79.9 Å². The van der Waals surface area contributed by atoms with E-state index in [0.29, 0.717) is 0 Å². The van der Waals surface area contributed by atoms with Crippen molar-refractivity contribution in [2.45, 2.75) is 67.5 Å². The molecule has 0 bridgehead atoms. The van der Waals surface area contributed by atoms with Crippen molar-refractivity contribution in [1.29, 1.82) is 0 Å². The van der Waals surface area contributed by atoms with Gasteiger partial charge in [0, 0.05) is 17.7 Å². The number of phenolic OH excluding ortho intramolecular Hbond substituents is 3. The lowest BCUT2D eigenvalue weighted by molar-refractivity contribution is -0.293. The molecule has 11 N–H and O–H groups in total. The Balaban J connectivity index is 1.54. The van der Waals surface area contributed by atoms with Crippen LogP contribution in [0.2, 0.25) is 0 Å². The number of benzene rings is 2. The lowest BCUT2D eigenvalue weighted by Gasteiger charge is -2.41. The van der Waals surface area contributed by atoms with Crippen molar-refractivity contribution in [1.82, 2.24) is 0 Å². The van der Waals surface area contributed by atoms with E-state index in [4.69, 9.17) is 23.7 Å². The zero-order valence-electron chi connectivity index (χ0n) is 22.2. The summed E-state index contributed by atoms with van der Waals surface area (Å²) >= 11 is 0. The largest absolute Gasteiger partial charge is 0.508 e. The molecular weight excluding hydrogens is 580 g/mol. The SMILES string of the molecule is OC[C@@H]1O[C@@H](OC2=Cc3c(cc(O)cc3O[C@@H]3O[C@@H](CO)[C@@H](O)[C@H](O)[C@H]3O)OC2c2ccc(O)c(O)c2)[C@H](O)[C@@H](O)[C@H]1O. The normalized spacial score (nSPS) is 35.8. The van der Waals surface area contributed by atoms with Gasteiger partial charge in [0.25, 0.3) is 0 Å². The minimum atomic E-state index is -1.81. The number of hydrogen-bond donors (Lipinski definition) is 11. The number of rotatable bonds is 7. The average molecular weight is 613 g/mol. The van der Waals surface area contributed by atoms with Crippen LogP contribution < -0.4 is 9.47 Å². The molecule has 0 aromatic heterocycles. The van der Waals surface area contributed by atoms with Gasteiger partial charge in [-0.15, -0.1) is 0 Å². The first-order valence-corrected chi connectivity index (χ1v) is 13.1. The molecule has 2 aromatic rings. The van der Waals surface area contributed by atoms with Crippen molar-refractivity contribution in [2.24, 2.45) is 0 Å². The number of ether oxygens (including phenoxy) is 5. The van der Waals surface area contributed by atoms with Crippen LogP contribution in [0.1, 0.15) is 17.2 Å². The highest BCUT2D eigenvalue weighted by Crippen LogP contribution is 2.46. The van der Waals surface area contributed by atoms with Crippen molar-refractivity contribution in [3.8, 4) is 28.7 Å². The molecule has 0 radical (unpaired) electrons. The van der Waals surface area contributed by atoms with E-state index in [1.54, 1.807) is 0 Å². The molecule has 236 valence electrons. The van der Waals surface area contributed by atoms with E-state index in [-0.39, 0.29) is 34.1 Å². The van der Waals surface area contributed by atoms with Crippen LogP contribution in [0.5, 0.6) is 28.7 Å². The number of fused-ring (bicyclic) bond motifs is 1. The predicted octanol–water partition coefficient (Wildman–Crippen LogP) is -2.73. The molecule has 1 unspecified atom stereocenters. The standard InChI is InChI=1S/C27H32O16/c28-7-17-19(33)21(35)23(37)26(42-17)40-15-5-10(30)4-14-11(15)6-16(25(39-14)9-1-2-12(31)13(32)3-9)41-27-24(38)22(36)20(34)18(8-29)43-27/h1-6,17-38H,7-8H2/t17-,18-,19+,20-,21-,22-,23+,24+,25?,26+,27+/m0/s1. The Morgan fingerprint density at radius 2 is 1.23 bits per heavy atom. The molecule has 2 aromatic carbocycles. The Morgan fingerprint density at radius 3 is 1.79 bits per heavy atom. The second-order valence-corrected chi connectivity index (χ2v) is 10.3. The van der Waals surface area contributed by atoms with E-state index < -0.39 is 92.2 Å². The van der Waals surface area contributed by atoms with Gasteiger partial charge in [0.15, 0.2) is 17.6 Å². The van der Waals surface area contributed by atoms with Crippen LogP contribution >= 0.6 is 0 Å². The summed E-state index contributed by atoms with van der Waals surface area (Å²) in [4.78, 5) is 0. The molecule has 43 heavy (non-hydrogen) atoms. The van der Waals surface area contributed by atoms with E-state index in [0.717, 1.165) is 12.1 Å².